The minimum Gasteiger partial charge on any atom is -0.397 e. The van der Waals surface area contributed by atoms with Crippen LogP contribution in [0.5, 0.6) is 0 Å². The first-order chi connectivity index (χ1) is 9.29. The van der Waals surface area contributed by atoms with Gasteiger partial charge in [-0.05, 0) is 42.5 Å². The van der Waals surface area contributed by atoms with Crippen LogP contribution in [0.25, 0.3) is 0 Å². The molecule has 0 fully saturated rings. The maximum atomic E-state index is 12.8. The molecule has 0 atom stereocenters. The van der Waals surface area contributed by atoms with Gasteiger partial charge in [-0.3, -0.25) is 0 Å². The van der Waals surface area contributed by atoms with Crippen LogP contribution in [0.2, 0.25) is 0 Å². The van der Waals surface area contributed by atoms with Crippen molar-refractivity contribution < 1.29 is 17.6 Å². The van der Waals surface area contributed by atoms with Gasteiger partial charge >= 0.3 is 6.18 Å². The summed E-state index contributed by atoms with van der Waals surface area (Å²) in [6.07, 6.45) is -4.43. The average molecular weight is 284 g/mol. The molecule has 2 aromatic carbocycles. The van der Waals surface area contributed by atoms with Crippen molar-refractivity contribution in [3.05, 3.63) is 53.8 Å². The number of hydrogen-bond donors (Lipinski definition) is 1. The van der Waals surface area contributed by atoms with Gasteiger partial charge in [-0.25, -0.2) is 4.39 Å². The van der Waals surface area contributed by atoms with Crippen LogP contribution in [-0.4, -0.2) is 7.05 Å². The highest BCUT2D eigenvalue weighted by molar-refractivity contribution is 5.75. The summed E-state index contributed by atoms with van der Waals surface area (Å²) < 4.78 is 50.5. The van der Waals surface area contributed by atoms with Gasteiger partial charge in [0.25, 0.3) is 0 Å². The van der Waals surface area contributed by atoms with E-state index in [4.69, 9.17) is 5.73 Å². The SMILES string of the molecule is CN(c1ccc(F)cc1)c1ccc(C(F)(F)F)cc1N. The van der Waals surface area contributed by atoms with Crippen molar-refractivity contribution in [1.29, 1.82) is 0 Å². The van der Waals surface area contributed by atoms with Gasteiger partial charge in [0, 0.05) is 12.7 Å². The van der Waals surface area contributed by atoms with E-state index >= 15 is 0 Å². The van der Waals surface area contributed by atoms with Crippen LogP contribution < -0.4 is 10.6 Å². The summed E-state index contributed by atoms with van der Waals surface area (Å²) in [5.74, 6) is -0.387. The zero-order valence-electron chi connectivity index (χ0n) is 10.6. The highest BCUT2D eigenvalue weighted by Crippen LogP contribution is 2.35. The van der Waals surface area contributed by atoms with Crippen molar-refractivity contribution in [2.45, 2.75) is 6.18 Å². The molecule has 20 heavy (non-hydrogen) atoms. The number of hydrogen-bond acceptors (Lipinski definition) is 2. The first kappa shape index (κ1) is 14.2. The van der Waals surface area contributed by atoms with E-state index < -0.39 is 11.7 Å². The maximum absolute atomic E-state index is 12.8. The molecule has 106 valence electrons. The van der Waals surface area contributed by atoms with E-state index in [1.807, 2.05) is 0 Å². The number of alkyl halides is 3. The van der Waals surface area contributed by atoms with Crippen molar-refractivity contribution in [2.75, 3.05) is 17.7 Å². The van der Waals surface area contributed by atoms with E-state index in [2.05, 4.69) is 0 Å². The zero-order chi connectivity index (χ0) is 14.9. The van der Waals surface area contributed by atoms with Gasteiger partial charge in [0.15, 0.2) is 0 Å². The molecule has 0 saturated heterocycles. The molecule has 2 nitrogen and oxygen atoms in total. The molecule has 0 amide bonds. The summed E-state index contributed by atoms with van der Waals surface area (Å²) in [7, 11) is 1.65. The lowest BCUT2D eigenvalue weighted by molar-refractivity contribution is -0.137. The van der Waals surface area contributed by atoms with Crippen LogP contribution >= 0.6 is 0 Å². The molecular formula is C14H12F4N2. The maximum Gasteiger partial charge on any atom is 0.416 e. The van der Waals surface area contributed by atoms with E-state index in [-0.39, 0.29) is 11.5 Å². The molecule has 2 N–H and O–H groups in total. The molecular weight excluding hydrogens is 272 g/mol. The van der Waals surface area contributed by atoms with Gasteiger partial charge in [-0.2, -0.15) is 13.2 Å². The molecule has 0 radical (unpaired) electrons. The number of rotatable bonds is 2. The molecule has 0 heterocycles. The first-order valence-electron chi connectivity index (χ1n) is 5.75. The van der Waals surface area contributed by atoms with Crippen LogP contribution in [0.3, 0.4) is 0 Å². The fourth-order valence-corrected chi connectivity index (χ4v) is 1.84. The third-order valence-corrected chi connectivity index (χ3v) is 2.93. The molecule has 0 spiro atoms. The van der Waals surface area contributed by atoms with Crippen molar-refractivity contribution in [3.8, 4) is 0 Å². The third-order valence-electron chi connectivity index (χ3n) is 2.93. The van der Waals surface area contributed by atoms with Crippen LogP contribution in [-0.2, 0) is 6.18 Å². The Bertz CT molecular complexity index is 606. The van der Waals surface area contributed by atoms with Gasteiger partial charge in [-0.15, -0.1) is 0 Å². The second-order valence-corrected chi connectivity index (χ2v) is 4.31. The average Bonchev–Trinajstić information content (AvgIpc) is 2.37. The normalized spacial score (nSPS) is 11.4. The first-order valence-corrected chi connectivity index (χ1v) is 5.75. The summed E-state index contributed by atoms with van der Waals surface area (Å²) in [5, 5.41) is 0. The Kier molecular flexibility index (Phi) is 3.57. The van der Waals surface area contributed by atoms with Gasteiger partial charge < -0.3 is 10.6 Å². The highest BCUT2D eigenvalue weighted by atomic mass is 19.4. The zero-order valence-corrected chi connectivity index (χ0v) is 10.6. The molecule has 0 bridgehead atoms. The summed E-state index contributed by atoms with van der Waals surface area (Å²) in [5.41, 5.74) is 5.92. The Morgan fingerprint density at radius 1 is 1.00 bits per heavy atom. The molecule has 0 aliphatic rings. The minimum atomic E-state index is -4.43. The van der Waals surface area contributed by atoms with E-state index in [0.717, 1.165) is 12.1 Å². The molecule has 0 unspecified atom stereocenters. The van der Waals surface area contributed by atoms with E-state index in [1.54, 1.807) is 11.9 Å². The van der Waals surface area contributed by atoms with Gasteiger partial charge in [-0.1, -0.05) is 0 Å². The second-order valence-electron chi connectivity index (χ2n) is 4.31. The van der Waals surface area contributed by atoms with Crippen LogP contribution in [0.1, 0.15) is 5.56 Å². The lowest BCUT2D eigenvalue weighted by Gasteiger charge is -2.22. The second kappa shape index (κ2) is 5.03. The molecule has 0 aliphatic heterocycles. The smallest absolute Gasteiger partial charge is 0.397 e. The van der Waals surface area contributed by atoms with Gasteiger partial charge in [0.2, 0.25) is 0 Å². The number of halogens is 4. The molecule has 2 rings (SSSR count). The van der Waals surface area contributed by atoms with E-state index in [1.165, 1.54) is 30.3 Å². The Morgan fingerprint density at radius 2 is 1.60 bits per heavy atom. The van der Waals surface area contributed by atoms with Crippen LogP contribution in [0.4, 0.5) is 34.6 Å². The van der Waals surface area contributed by atoms with Crippen molar-refractivity contribution in [3.63, 3.8) is 0 Å². The van der Waals surface area contributed by atoms with Crippen LogP contribution in [0.15, 0.2) is 42.5 Å². The molecule has 0 aliphatic carbocycles. The number of nitrogens with zero attached hydrogens (tertiary/aromatic N) is 1. The lowest BCUT2D eigenvalue weighted by atomic mass is 10.1. The lowest BCUT2D eigenvalue weighted by Crippen LogP contribution is -2.13. The fraction of sp³-hybridized carbons (Fsp3) is 0.143. The van der Waals surface area contributed by atoms with E-state index in [0.29, 0.717) is 11.4 Å². The quantitative estimate of drug-likeness (QED) is 0.661. The topological polar surface area (TPSA) is 29.3 Å². The van der Waals surface area contributed by atoms with Crippen molar-refractivity contribution in [1.82, 2.24) is 0 Å². The minimum absolute atomic E-state index is 0.00616. The van der Waals surface area contributed by atoms with Crippen molar-refractivity contribution in [2.24, 2.45) is 0 Å². The predicted octanol–water partition coefficient (Wildman–Crippen LogP) is 4.19. The Labute approximate surface area is 113 Å². The Hall–Kier alpha value is -2.24. The van der Waals surface area contributed by atoms with Gasteiger partial charge in [0.1, 0.15) is 5.82 Å². The monoisotopic (exact) mass is 284 g/mol. The molecule has 2 aromatic rings. The fourth-order valence-electron chi connectivity index (χ4n) is 1.84. The molecule has 0 saturated carbocycles. The highest BCUT2D eigenvalue weighted by Gasteiger charge is 2.31. The summed E-state index contributed by atoms with van der Waals surface area (Å²) >= 11 is 0. The van der Waals surface area contributed by atoms with Gasteiger partial charge in [0.05, 0.1) is 16.9 Å². The molecule has 0 aromatic heterocycles. The predicted molar refractivity (Wildman–Crippen MR) is 70.3 cm³/mol. The van der Waals surface area contributed by atoms with E-state index in [9.17, 15) is 17.6 Å². The number of nitrogens with two attached hydrogens (primary N) is 1. The largest absolute Gasteiger partial charge is 0.416 e. The standard InChI is InChI=1S/C14H12F4N2/c1-20(11-5-3-10(15)4-6-11)13-7-2-9(8-12(13)19)14(16,17)18/h2-8H,19H2,1H3. The molecule has 6 heteroatoms. The van der Waals surface area contributed by atoms with Crippen molar-refractivity contribution >= 4 is 17.1 Å². The Morgan fingerprint density at radius 3 is 2.10 bits per heavy atom. The number of anilines is 3. The third kappa shape index (κ3) is 2.84. The number of benzene rings is 2. The summed E-state index contributed by atoms with van der Waals surface area (Å²) in [6, 6.07) is 8.72. The van der Waals surface area contributed by atoms with Crippen LogP contribution in [0, 0.1) is 5.82 Å². The summed E-state index contributed by atoms with van der Waals surface area (Å²) in [4.78, 5) is 1.59. The summed E-state index contributed by atoms with van der Waals surface area (Å²) in [6.45, 7) is 0. The number of nitrogen functional groups attached to an aromatic ring is 1. The Balaban J connectivity index is 2.36.